The smallest absolute Gasteiger partial charge is 0.341 e. The normalized spacial score (nSPS) is 10.4. The highest BCUT2D eigenvalue weighted by Crippen LogP contribution is 2.33. The fourth-order valence-corrected chi connectivity index (χ4v) is 4.40. The van der Waals surface area contributed by atoms with Crippen LogP contribution in [0.1, 0.15) is 40.6 Å². The van der Waals surface area contributed by atoms with Gasteiger partial charge in [0, 0.05) is 33.4 Å². The Balaban J connectivity index is 0.00000324. The summed E-state index contributed by atoms with van der Waals surface area (Å²) in [5.74, 6) is 0.125. The summed E-state index contributed by atoms with van der Waals surface area (Å²) in [6.45, 7) is 2.21. The summed E-state index contributed by atoms with van der Waals surface area (Å²) in [6, 6.07) is 13.7. The SMILES string of the molecule is C.CCOC(=O)c1cnc(N)c2c(COc3cccc(C(=O)Nc4ccc(Cl)cc4)c3)csc12. The molecule has 4 rings (SSSR count). The fourth-order valence-electron chi connectivity index (χ4n) is 3.22. The van der Waals surface area contributed by atoms with Gasteiger partial charge >= 0.3 is 5.97 Å². The molecule has 0 radical (unpaired) electrons. The quantitative estimate of drug-likeness (QED) is 0.296. The van der Waals surface area contributed by atoms with Crippen molar-refractivity contribution in [3.8, 4) is 5.75 Å². The molecule has 0 fully saturated rings. The molecule has 2 aromatic carbocycles. The molecule has 0 bridgehead atoms. The highest BCUT2D eigenvalue weighted by molar-refractivity contribution is 7.17. The Kier molecular flexibility index (Phi) is 8.09. The van der Waals surface area contributed by atoms with Crippen LogP contribution in [0, 0.1) is 0 Å². The predicted molar refractivity (Wildman–Crippen MR) is 137 cm³/mol. The number of benzene rings is 2. The summed E-state index contributed by atoms with van der Waals surface area (Å²) in [5, 5.41) is 5.96. The zero-order chi connectivity index (χ0) is 23.4. The number of hydrogen-bond acceptors (Lipinski definition) is 7. The Bertz CT molecular complexity index is 1320. The third-order valence-electron chi connectivity index (χ3n) is 4.79. The van der Waals surface area contributed by atoms with Gasteiger partial charge in [0.05, 0.1) is 16.9 Å². The van der Waals surface area contributed by atoms with Gasteiger partial charge in [0.25, 0.3) is 5.91 Å². The number of halogens is 1. The van der Waals surface area contributed by atoms with Gasteiger partial charge in [-0.2, -0.15) is 0 Å². The molecule has 0 aliphatic carbocycles. The Hall–Kier alpha value is -3.62. The number of carbonyl (C=O) groups excluding carboxylic acids is 2. The first kappa shape index (κ1) is 25.0. The monoisotopic (exact) mass is 497 g/mol. The fraction of sp³-hybridized carbons (Fsp3) is 0.160. The number of aromatic nitrogens is 1. The van der Waals surface area contributed by atoms with E-state index in [1.807, 2.05) is 5.38 Å². The molecule has 1 amide bonds. The molecule has 3 N–H and O–H groups in total. The van der Waals surface area contributed by atoms with E-state index in [0.29, 0.717) is 43.5 Å². The third-order valence-corrected chi connectivity index (χ3v) is 6.10. The van der Waals surface area contributed by atoms with Crippen LogP contribution >= 0.6 is 22.9 Å². The number of rotatable bonds is 7. The molecule has 0 aliphatic heterocycles. The zero-order valence-electron chi connectivity index (χ0n) is 17.6. The van der Waals surface area contributed by atoms with Crippen LogP contribution in [-0.2, 0) is 11.3 Å². The minimum atomic E-state index is -0.441. The summed E-state index contributed by atoms with van der Waals surface area (Å²) in [6.07, 6.45) is 1.43. The molecule has 0 saturated heterocycles. The second-order valence-electron chi connectivity index (χ2n) is 7.02. The van der Waals surface area contributed by atoms with Gasteiger partial charge in [0.1, 0.15) is 18.2 Å². The van der Waals surface area contributed by atoms with Crippen molar-refractivity contribution < 1.29 is 19.1 Å². The lowest BCUT2D eigenvalue weighted by molar-refractivity contribution is 0.0528. The summed E-state index contributed by atoms with van der Waals surface area (Å²) in [5.41, 5.74) is 8.34. The van der Waals surface area contributed by atoms with E-state index in [-0.39, 0.29) is 26.5 Å². The van der Waals surface area contributed by atoms with Crippen LogP contribution in [0.4, 0.5) is 11.5 Å². The van der Waals surface area contributed by atoms with E-state index in [4.69, 9.17) is 26.8 Å². The van der Waals surface area contributed by atoms with Crippen LogP contribution in [0.25, 0.3) is 10.1 Å². The first-order valence-electron chi connectivity index (χ1n) is 10.1. The van der Waals surface area contributed by atoms with E-state index in [9.17, 15) is 9.59 Å². The molecule has 176 valence electrons. The van der Waals surface area contributed by atoms with Crippen LogP contribution in [0.5, 0.6) is 5.75 Å². The summed E-state index contributed by atoms with van der Waals surface area (Å²) < 4.78 is 11.7. The van der Waals surface area contributed by atoms with Crippen LogP contribution in [-0.4, -0.2) is 23.5 Å². The number of ether oxygens (including phenoxy) is 2. The molecule has 2 aromatic heterocycles. The number of carbonyl (C=O) groups is 2. The first-order chi connectivity index (χ1) is 16.0. The number of fused-ring (bicyclic) bond motifs is 1. The molecule has 0 aliphatic rings. The molecular formula is C25H24ClN3O4S. The van der Waals surface area contributed by atoms with Crippen LogP contribution in [0.3, 0.4) is 0 Å². The van der Waals surface area contributed by atoms with Gasteiger partial charge in [-0.3, -0.25) is 4.79 Å². The zero-order valence-corrected chi connectivity index (χ0v) is 19.2. The topological polar surface area (TPSA) is 104 Å². The summed E-state index contributed by atoms with van der Waals surface area (Å²) >= 11 is 7.26. The van der Waals surface area contributed by atoms with Crippen LogP contribution < -0.4 is 15.8 Å². The third kappa shape index (κ3) is 5.47. The standard InChI is InChI=1S/C24H20ClN3O4S.CH4/c1-2-31-24(30)19-11-27-22(26)20-15(13-33-21(19)20)12-32-18-5-3-4-14(10-18)23(29)28-17-8-6-16(25)7-9-17;/h3-11,13H,2,12H2,1H3,(H2,26,27)(H,28,29);1H4. The molecule has 0 saturated carbocycles. The number of thiophene rings is 1. The van der Waals surface area contributed by atoms with Gasteiger partial charge < -0.3 is 20.5 Å². The van der Waals surface area contributed by atoms with E-state index < -0.39 is 5.97 Å². The van der Waals surface area contributed by atoms with Gasteiger partial charge in [-0.25, -0.2) is 9.78 Å². The lowest BCUT2D eigenvalue weighted by Crippen LogP contribution is -2.11. The van der Waals surface area contributed by atoms with E-state index in [1.54, 1.807) is 55.5 Å². The number of anilines is 2. The van der Waals surface area contributed by atoms with Gasteiger partial charge in [-0.15, -0.1) is 11.3 Å². The molecule has 0 spiro atoms. The molecule has 34 heavy (non-hydrogen) atoms. The minimum Gasteiger partial charge on any atom is -0.489 e. The highest BCUT2D eigenvalue weighted by Gasteiger charge is 2.18. The van der Waals surface area contributed by atoms with Crippen molar-refractivity contribution in [1.29, 1.82) is 0 Å². The van der Waals surface area contributed by atoms with Crippen molar-refractivity contribution in [3.05, 3.63) is 81.8 Å². The highest BCUT2D eigenvalue weighted by atomic mass is 35.5. The second kappa shape index (κ2) is 11.0. The molecule has 0 atom stereocenters. The van der Waals surface area contributed by atoms with Crippen LogP contribution in [0.15, 0.2) is 60.1 Å². The van der Waals surface area contributed by atoms with E-state index >= 15 is 0 Å². The average molecular weight is 498 g/mol. The number of nitrogens with one attached hydrogen (secondary N) is 1. The Morgan fingerprint density at radius 3 is 2.68 bits per heavy atom. The number of esters is 1. The van der Waals surface area contributed by atoms with Gasteiger partial charge in [0.15, 0.2) is 0 Å². The van der Waals surface area contributed by atoms with Gasteiger partial charge in [0.2, 0.25) is 0 Å². The maximum absolute atomic E-state index is 12.6. The lowest BCUT2D eigenvalue weighted by Gasteiger charge is -2.10. The molecular weight excluding hydrogens is 474 g/mol. The number of nitrogen functional groups attached to an aromatic ring is 1. The minimum absolute atomic E-state index is 0. The Morgan fingerprint density at radius 1 is 1.18 bits per heavy atom. The van der Waals surface area contributed by atoms with Crippen molar-refractivity contribution in [2.75, 3.05) is 17.7 Å². The predicted octanol–water partition coefficient (Wildman–Crippen LogP) is 6.18. The maximum Gasteiger partial charge on any atom is 0.341 e. The van der Waals surface area contributed by atoms with Crippen molar-refractivity contribution >= 4 is 56.4 Å². The Morgan fingerprint density at radius 2 is 1.94 bits per heavy atom. The number of pyridine rings is 1. The largest absolute Gasteiger partial charge is 0.489 e. The van der Waals surface area contributed by atoms with Crippen molar-refractivity contribution in [1.82, 2.24) is 4.98 Å². The number of amides is 1. The molecule has 0 unspecified atom stereocenters. The van der Waals surface area contributed by atoms with Gasteiger partial charge in [-0.1, -0.05) is 25.1 Å². The summed E-state index contributed by atoms with van der Waals surface area (Å²) in [7, 11) is 0. The van der Waals surface area contributed by atoms with Crippen molar-refractivity contribution in [2.45, 2.75) is 21.0 Å². The lowest BCUT2D eigenvalue weighted by atomic mass is 10.1. The number of nitrogens with zero attached hydrogens (tertiary/aromatic N) is 1. The molecule has 2 heterocycles. The molecule has 9 heteroatoms. The van der Waals surface area contributed by atoms with E-state index in [0.717, 1.165) is 5.56 Å². The average Bonchev–Trinajstić information content (AvgIpc) is 3.24. The Labute approximate surface area is 206 Å². The number of hydrogen-bond donors (Lipinski definition) is 2. The molecule has 4 aromatic rings. The van der Waals surface area contributed by atoms with Gasteiger partial charge in [-0.05, 0) is 54.8 Å². The van der Waals surface area contributed by atoms with Crippen LogP contribution in [0.2, 0.25) is 5.02 Å². The summed E-state index contributed by atoms with van der Waals surface area (Å²) in [4.78, 5) is 29.0. The molecule has 7 nitrogen and oxygen atoms in total. The van der Waals surface area contributed by atoms with Crippen molar-refractivity contribution in [2.24, 2.45) is 0 Å². The maximum atomic E-state index is 12.6. The first-order valence-corrected chi connectivity index (χ1v) is 11.3. The van der Waals surface area contributed by atoms with E-state index in [1.165, 1.54) is 17.5 Å². The number of nitrogens with two attached hydrogens (primary N) is 1. The van der Waals surface area contributed by atoms with Crippen molar-refractivity contribution in [3.63, 3.8) is 0 Å². The van der Waals surface area contributed by atoms with E-state index in [2.05, 4.69) is 10.3 Å². The second-order valence-corrected chi connectivity index (χ2v) is 8.34.